The molecule has 15 nitrogen and oxygen atoms in total. The zero-order chi connectivity index (χ0) is 37.7. The van der Waals surface area contributed by atoms with Gasteiger partial charge in [0, 0.05) is 31.3 Å². The van der Waals surface area contributed by atoms with Gasteiger partial charge in [0.1, 0.15) is 35.8 Å². The average Bonchev–Trinajstić information content (AvgIpc) is 3.83. The zero-order valence-corrected chi connectivity index (χ0v) is 31.3. The summed E-state index contributed by atoms with van der Waals surface area (Å²) in [6, 6.07) is -0.532. The molecule has 0 aromatic carbocycles. The molecule has 15 heteroatoms. The number of esters is 1. The lowest BCUT2D eigenvalue weighted by Crippen LogP contribution is -2.61. The molecule has 4 heterocycles. The number of epoxide rings is 1. The van der Waals surface area contributed by atoms with E-state index in [2.05, 4.69) is 5.32 Å². The number of carbonyl (C=O) groups is 2. The number of aliphatic hydroxyl groups is 5. The molecule has 4 saturated heterocycles. The number of methoxy groups -OCH3 is 1. The van der Waals surface area contributed by atoms with E-state index in [1.54, 1.807) is 48.6 Å². The lowest BCUT2D eigenvalue weighted by molar-refractivity contribution is -0.312. The quantitative estimate of drug-likeness (QED) is 0.155. The first-order chi connectivity index (χ1) is 23.1. The predicted octanol–water partition coefficient (Wildman–Crippen LogP) is 0.390. The van der Waals surface area contributed by atoms with Gasteiger partial charge in [0.2, 0.25) is 0 Å². The third-order valence-corrected chi connectivity index (χ3v) is 11.6. The summed E-state index contributed by atoms with van der Waals surface area (Å²) in [6.45, 7) is 14.3. The van der Waals surface area contributed by atoms with Crippen LogP contribution in [-0.2, 0) is 42.7 Å². The van der Waals surface area contributed by atoms with Crippen LogP contribution in [0.3, 0.4) is 0 Å². The van der Waals surface area contributed by atoms with Crippen LogP contribution in [0.4, 0.5) is 0 Å². The third-order valence-electron chi connectivity index (χ3n) is 11.6. The molecule has 4 rings (SSSR count). The van der Waals surface area contributed by atoms with Crippen molar-refractivity contribution in [3.63, 3.8) is 0 Å². The van der Waals surface area contributed by atoms with E-state index >= 15 is 0 Å². The molecule has 4 aliphatic heterocycles. The molecule has 0 bridgehead atoms. The Labute approximate surface area is 295 Å². The van der Waals surface area contributed by atoms with Crippen LogP contribution in [0.25, 0.3) is 0 Å². The molecule has 4 fully saturated rings. The van der Waals surface area contributed by atoms with Crippen LogP contribution in [0.2, 0.25) is 0 Å². The zero-order valence-electron chi connectivity index (χ0n) is 31.3. The molecule has 0 aromatic heterocycles. The van der Waals surface area contributed by atoms with E-state index in [1.807, 2.05) is 0 Å². The summed E-state index contributed by atoms with van der Waals surface area (Å²) in [7, 11) is 3.15. The number of hydrogen-bond acceptors (Lipinski definition) is 15. The van der Waals surface area contributed by atoms with E-state index in [4.69, 9.17) is 33.2 Å². The molecule has 6 N–H and O–H groups in total. The number of Topliss-reactive ketones (excluding diaryl/α,β-unsaturated/α-hetero) is 1. The van der Waals surface area contributed by atoms with Crippen molar-refractivity contribution in [2.75, 3.05) is 14.2 Å². The predicted molar refractivity (Wildman–Crippen MR) is 176 cm³/mol. The summed E-state index contributed by atoms with van der Waals surface area (Å²) < 4.78 is 42.2. The lowest BCUT2D eigenvalue weighted by Gasteiger charge is -2.48. The van der Waals surface area contributed by atoms with E-state index in [9.17, 15) is 35.1 Å². The van der Waals surface area contributed by atoms with Crippen molar-refractivity contribution in [2.45, 2.75) is 172 Å². The van der Waals surface area contributed by atoms with Crippen LogP contribution in [-0.4, -0.2) is 142 Å². The molecule has 9 unspecified atom stereocenters. The average molecular weight is 720 g/mol. The molecule has 4 aliphatic rings. The van der Waals surface area contributed by atoms with Gasteiger partial charge in [-0.3, -0.25) is 9.59 Å². The number of rotatable bonds is 7. The van der Waals surface area contributed by atoms with Crippen LogP contribution in [0.5, 0.6) is 0 Å². The highest BCUT2D eigenvalue weighted by Gasteiger charge is 2.59. The van der Waals surface area contributed by atoms with Gasteiger partial charge in [-0.05, 0) is 54.5 Å². The maximum absolute atomic E-state index is 14.0. The number of ketones is 1. The normalized spacial score (nSPS) is 52.5. The Morgan fingerprint density at radius 3 is 2.12 bits per heavy atom. The molecule has 0 radical (unpaired) electrons. The van der Waals surface area contributed by atoms with Gasteiger partial charge in [0.15, 0.2) is 18.9 Å². The molecule has 0 amide bonds. The Hall–Kier alpha value is -1.34. The maximum atomic E-state index is 14.0. The van der Waals surface area contributed by atoms with E-state index in [0.29, 0.717) is 0 Å². The molecular weight excluding hydrogens is 658 g/mol. The summed E-state index contributed by atoms with van der Waals surface area (Å²) in [5.74, 6) is -5.08. The van der Waals surface area contributed by atoms with E-state index in [1.165, 1.54) is 27.9 Å². The summed E-state index contributed by atoms with van der Waals surface area (Å²) in [6.07, 6.45) is -11.3. The van der Waals surface area contributed by atoms with Gasteiger partial charge >= 0.3 is 5.97 Å². The number of ether oxygens (including phenoxy) is 7. The van der Waals surface area contributed by atoms with Crippen LogP contribution in [0, 0.1) is 23.7 Å². The summed E-state index contributed by atoms with van der Waals surface area (Å²) in [4.78, 5) is 27.8. The van der Waals surface area contributed by atoms with Gasteiger partial charge in [-0.15, -0.1) is 0 Å². The van der Waals surface area contributed by atoms with Crippen molar-refractivity contribution in [3.05, 3.63) is 0 Å². The fraction of sp³-hybridized carbons (Fsp3) is 0.943. The highest BCUT2D eigenvalue weighted by atomic mass is 16.8. The van der Waals surface area contributed by atoms with Crippen molar-refractivity contribution in [2.24, 2.45) is 23.7 Å². The summed E-state index contributed by atoms with van der Waals surface area (Å²) in [5, 5.41) is 60.3. The second-order valence-corrected chi connectivity index (χ2v) is 15.7. The SMILES string of the molecule is CC[C@H]1OC(=O)[C@H](C)[C@@H](OC2CC(C)(OC)C(O)C(C)O2)[C@H](C)[C@@H](OC2OC3OC3C(NC)C2O)[C@](C)(O)C[C@@H](C)C(=O)[C@H](C)[C@@H](O)[C@]1(C)O. The Kier molecular flexibility index (Phi) is 12.9. The monoisotopic (exact) mass is 719 g/mol. The van der Waals surface area contributed by atoms with Crippen LogP contribution < -0.4 is 5.32 Å². The minimum absolute atomic E-state index is 0.0819. The van der Waals surface area contributed by atoms with Crippen LogP contribution in [0.15, 0.2) is 0 Å². The largest absolute Gasteiger partial charge is 0.459 e. The lowest BCUT2D eigenvalue weighted by atomic mass is 9.74. The third kappa shape index (κ3) is 8.09. The number of aliphatic hydroxyl groups excluding tert-OH is 3. The first-order valence-electron chi connectivity index (χ1n) is 17.9. The topological polar surface area (TPSA) is 215 Å². The molecule has 19 atom stereocenters. The smallest absolute Gasteiger partial charge is 0.311 e. The highest BCUT2D eigenvalue weighted by Crippen LogP contribution is 2.42. The number of cyclic esters (lactones) is 1. The Bertz CT molecular complexity index is 1190. The van der Waals surface area contributed by atoms with Crippen LogP contribution in [0.1, 0.15) is 81.6 Å². The van der Waals surface area contributed by atoms with Crippen molar-refractivity contribution in [1.29, 1.82) is 0 Å². The molecule has 50 heavy (non-hydrogen) atoms. The second kappa shape index (κ2) is 15.6. The molecular formula is C35H61NO14. The Morgan fingerprint density at radius 1 is 0.900 bits per heavy atom. The van der Waals surface area contributed by atoms with Gasteiger partial charge in [0.05, 0.1) is 47.6 Å². The van der Waals surface area contributed by atoms with Crippen molar-refractivity contribution in [3.8, 4) is 0 Å². The van der Waals surface area contributed by atoms with Crippen molar-refractivity contribution >= 4 is 11.8 Å². The van der Waals surface area contributed by atoms with E-state index in [0.717, 1.165) is 0 Å². The fourth-order valence-corrected chi connectivity index (χ4v) is 8.25. The van der Waals surface area contributed by atoms with Crippen molar-refractivity contribution in [1.82, 2.24) is 5.32 Å². The first-order valence-corrected chi connectivity index (χ1v) is 17.9. The van der Waals surface area contributed by atoms with Crippen LogP contribution >= 0.6 is 0 Å². The van der Waals surface area contributed by atoms with Gasteiger partial charge in [0.25, 0.3) is 0 Å². The molecule has 0 spiro atoms. The molecule has 0 saturated carbocycles. The van der Waals surface area contributed by atoms with Gasteiger partial charge < -0.3 is 64.0 Å². The number of hydrogen-bond donors (Lipinski definition) is 6. The van der Waals surface area contributed by atoms with Gasteiger partial charge in [-0.1, -0.05) is 27.7 Å². The Morgan fingerprint density at radius 2 is 1.54 bits per heavy atom. The first kappa shape index (κ1) is 41.4. The van der Waals surface area contributed by atoms with Gasteiger partial charge in [-0.2, -0.15) is 0 Å². The number of carbonyl (C=O) groups excluding carboxylic acids is 2. The minimum atomic E-state index is -2.00. The molecule has 0 aliphatic carbocycles. The van der Waals surface area contributed by atoms with E-state index in [-0.39, 0.29) is 25.4 Å². The van der Waals surface area contributed by atoms with E-state index < -0.39 is 120 Å². The number of fused-ring (bicyclic) bond motifs is 1. The summed E-state index contributed by atoms with van der Waals surface area (Å²) >= 11 is 0. The number of likely N-dealkylation sites (N-methyl/N-ethyl adjacent to an activating group) is 1. The van der Waals surface area contributed by atoms with Crippen molar-refractivity contribution < 1.29 is 68.3 Å². The standard InChI is InChI=1S/C35H61NO14/c1-12-20-35(9,43)27(39)16(3)23(37)15(2)13-33(7,42)29(49-31-24(38)22(36-10)26-32(48-26)50-31)17(4)25(18(5)30(41)46-20)47-21-14-34(8,44-11)28(40)19(6)45-21/h15-22,24-29,31-32,36,38-40,42-43H,12-14H2,1-11H3/t15-,16+,17+,18-,19?,20-,21?,22?,24?,25+,26?,27-,28?,29-,31?,32?,33-,34?,35-/m1/s1. The highest BCUT2D eigenvalue weighted by molar-refractivity contribution is 5.83. The fourth-order valence-electron chi connectivity index (χ4n) is 8.25. The van der Waals surface area contributed by atoms with Gasteiger partial charge in [-0.25, -0.2) is 0 Å². The molecule has 290 valence electrons. The summed E-state index contributed by atoms with van der Waals surface area (Å²) in [5.41, 5.74) is -4.88. The molecule has 0 aromatic rings. The number of nitrogens with one attached hydrogen (secondary N) is 1. The second-order valence-electron chi connectivity index (χ2n) is 15.7. The Balaban J connectivity index is 1.80. The maximum Gasteiger partial charge on any atom is 0.311 e. The minimum Gasteiger partial charge on any atom is -0.459 e.